The molecule has 0 saturated heterocycles. The van der Waals surface area contributed by atoms with Gasteiger partial charge in [-0.15, -0.1) is 0 Å². The number of ketones is 1. The third kappa shape index (κ3) is 2.17. The van der Waals surface area contributed by atoms with Gasteiger partial charge in [0.1, 0.15) is 11.5 Å². The van der Waals surface area contributed by atoms with Gasteiger partial charge < -0.3 is 10.1 Å². The van der Waals surface area contributed by atoms with E-state index in [0.717, 1.165) is 6.08 Å². The summed E-state index contributed by atoms with van der Waals surface area (Å²) in [5, 5.41) is 9.62. The number of aromatic amines is 1. The summed E-state index contributed by atoms with van der Waals surface area (Å²) in [5.41, 5.74) is 0.810. The van der Waals surface area contributed by atoms with Crippen LogP contribution in [0.15, 0.2) is 48.8 Å². The maximum Gasteiger partial charge on any atom is 0.207 e. The molecule has 80 valence electrons. The fourth-order valence-electron chi connectivity index (χ4n) is 1.27. The molecule has 2 N–H and O–H groups in total. The molecular formula is C12H10N2O2. The number of hydrogen-bond donors (Lipinski definition) is 2. The van der Waals surface area contributed by atoms with E-state index >= 15 is 0 Å². The van der Waals surface area contributed by atoms with Crippen molar-refractivity contribution in [2.75, 3.05) is 0 Å². The fraction of sp³-hybridized carbons (Fsp3) is 0. The van der Waals surface area contributed by atoms with Crippen LogP contribution in [0, 0.1) is 0 Å². The standard InChI is InChI=1S/C12H10N2O2/c15-11(9-4-1-2-6-13-9)8-12(16)10-5-3-7-14-10/h1-8,14,16H/b12-8-. The number of nitrogens with zero attached hydrogens (tertiary/aromatic N) is 1. The van der Waals surface area contributed by atoms with Crippen LogP contribution in [0.4, 0.5) is 0 Å². The second kappa shape index (κ2) is 4.44. The predicted molar refractivity (Wildman–Crippen MR) is 60.0 cm³/mol. The van der Waals surface area contributed by atoms with Gasteiger partial charge in [-0.1, -0.05) is 6.07 Å². The number of rotatable bonds is 3. The van der Waals surface area contributed by atoms with E-state index in [2.05, 4.69) is 9.97 Å². The molecule has 0 aliphatic heterocycles. The summed E-state index contributed by atoms with van der Waals surface area (Å²) in [6.07, 6.45) is 4.35. The van der Waals surface area contributed by atoms with Crippen molar-refractivity contribution in [3.05, 3.63) is 60.2 Å². The maximum atomic E-state index is 11.6. The molecule has 0 fully saturated rings. The lowest BCUT2D eigenvalue weighted by molar-refractivity contribution is 0.104. The van der Waals surface area contributed by atoms with Crippen molar-refractivity contribution in [3.8, 4) is 0 Å². The molecule has 4 nitrogen and oxygen atoms in total. The number of aromatic nitrogens is 2. The van der Waals surface area contributed by atoms with E-state index in [9.17, 15) is 9.90 Å². The van der Waals surface area contributed by atoms with Gasteiger partial charge in [-0.25, -0.2) is 0 Å². The zero-order valence-electron chi connectivity index (χ0n) is 8.42. The number of carbonyl (C=O) groups is 1. The SMILES string of the molecule is O=C(/C=C(\O)c1ccc[nH]1)c1ccccn1. The van der Waals surface area contributed by atoms with Crippen molar-refractivity contribution in [2.45, 2.75) is 0 Å². The lowest BCUT2D eigenvalue weighted by atomic mass is 10.2. The Labute approximate surface area is 92.3 Å². The number of H-pyrrole nitrogens is 1. The molecule has 16 heavy (non-hydrogen) atoms. The largest absolute Gasteiger partial charge is 0.506 e. The van der Waals surface area contributed by atoms with Crippen molar-refractivity contribution in [3.63, 3.8) is 0 Å². The van der Waals surface area contributed by atoms with E-state index in [1.165, 1.54) is 6.20 Å². The Morgan fingerprint density at radius 1 is 1.31 bits per heavy atom. The molecule has 2 heterocycles. The van der Waals surface area contributed by atoms with Crippen LogP contribution in [0.5, 0.6) is 0 Å². The van der Waals surface area contributed by atoms with Crippen LogP contribution in [-0.4, -0.2) is 20.9 Å². The molecule has 2 aromatic rings. The highest BCUT2D eigenvalue weighted by molar-refractivity contribution is 6.06. The summed E-state index contributed by atoms with van der Waals surface area (Å²) >= 11 is 0. The minimum absolute atomic E-state index is 0.0966. The minimum Gasteiger partial charge on any atom is -0.506 e. The zero-order valence-corrected chi connectivity index (χ0v) is 8.42. The molecular weight excluding hydrogens is 204 g/mol. The van der Waals surface area contributed by atoms with Gasteiger partial charge >= 0.3 is 0 Å². The molecule has 0 aliphatic carbocycles. The summed E-state index contributed by atoms with van der Waals surface area (Å²) in [6, 6.07) is 8.47. The first kappa shape index (κ1) is 10.2. The molecule has 2 aromatic heterocycles. The first-order valence-corrected chi connectivity index (χ1v) is 4.77. The highest BCUT2D eigenvalue weighted by Crippen LogP contribution is 2.09. The summed E-state index contributed by atoms with van der Waals surface area (Å²) in [6.45, 7) is 0. The van der Waals surface area contributed by atoms with Crippen molar-refractivity contribution >= 4 is 11.5 Å². The fourth-order valence-corrected chi connectivity index (χ4v) is 1.27. The van der Waals surface area contributed by atoms with Crippen molar-refractivity contribution < 1.29 is 9.90 Å². The second-order valence-electron chi connectivity index (χ2n) is 3.19. The molecule has 0 aliphatic rings. The molecule has 0 radical (unpaired) electrons. The molecule has 0 saturated carbocycles. The summed E-state index contributed by atoms with van der Waals surface area (Å²) in [5.74, 6) is -0.423. The molecule has 4 heteroatoms. The lowest BCUT2D eigenvalue weighted by Gasteiger charge is -1.96. The van der Waals surface area contributed by atoms with Gasteiger partial charge in [-0.2, -0.15) is 0 Å². The average molecular weight is 214 g/mol. The molecule has 0 atom stereocenters. The Hall–Kier alpha value is -2.36. The molecule has 0 amide bonds. The van der Waals surface area contributed by atoms with E-state index in [-0.39, 0.29) is 11.5 Å². The van der Waals surface area contributed by atoms with E-state index in [1.807, 2.05) is 0 Å². The number of aliphatic hydroxyl groups is 1. The Bertz CT molecular complexity index is 501. The number of nitrogens with one attached hydrogen (secondary N) is 1. The quantitative estimate of drug-likeness (QED) is 0.467. The molecule has 0 unspecified atom stereocenters. The third-order valence-electron chi connectivity index (χ3n) is 2.06. The average Bonchev–Trinajstić information content (AvgIpc) is 2.83. The van der Waals surface area contributed by atoms with Crippen molar-refractivity contribution in [1.29, 1.82) is 0 Å². The minimum atomic E-state index is -0.326. The predicted octanol–water partition coefficient (Wildman–Crippen LogP) is 2.19. The van der Waals surface area contributed by atoms with Gasteiger partial charge in [-0.3, -0.25) is 9.78 Å². The third-order valence-corrected chi connectivity index (χ3v) is 2.06. The first-order valence-electron chi connectivity index (χ1n) is 4.77. The van der Waals surface area contributed by atoms with Gasteiger partial charge in [0.25, 0.3) is 0 Å². The molecule has 0 spiro atoms. The van der Waals surface area contributed by atoms with Crippen LogP contribution in [0.25, 0.3) is 5.76 Å². The van der Waals surface area contributed by atoms with Gasteiger partial charge in [0.2, 0.25) is 5.78 Å². The zero-order chi connectivity index (χ0) is 11.4. The Morgan fingerprint density at radius 3 is 2.81 bits per heavy atom. The topological polar surface area (TPSA) is 66.0 Å². The number of carbonyl (C=O) groups excluding carboxylic acids is 1. The van der Waals surface area contributed by atoms with Crippen LogP contribution in [0.3, 0.4) is 0 Å². The van der Waals surface area contributed by atoms with Crippen LogP contribution in [-0.2, 0) is 0 Å². The second-order valence-corrected chi connectivity index (χ2v) is 3.19. The van der Waals surface area contributed by atoms with E-state index < -0.39 is 0 Å². The maximum absolute atomic E-state index is 11.6. The van der Waals surface area contributed by atoms with Crippen LogP contribution < -0.4 is 0 Å². The number of allylic oxidation sites excluding steroid dienone is 1. The lowest BCUT2D eigenvalue weighted by Crippen LogP contribution is -1.99. The van der Waals surface area contributed by atoms with Gasteiger partial charge in [0, 0.05) is 18.5 Å². The molecule has 0 aromatic carbocycles. The highest BCUT2D eigenvalue weighted by Gasteiger charge is 2.06. The van der Waals surface area contributed by atoms with Gasteiger partial charge in [0.15, 0.2) is 0 Å². The van der Waals surface area contributed by atoms with E-state index in [4.69, 9.17) is 0 Å². The summed E-state index contributed by atoms with van der Waals surface area (Å²) in [7, 11) is 0. The number of hydrogen-bond acceptors (Lipinski definition) is 3. The summed E-state index contributed by atoms with van der Waals surface area (Å²) < 4.78 is 0. The van der Waals surface area contributed by atoms with Crippen LogP contribution >= 0.6 is 0 Å². The first-order chi connectivity index (χ1) is 7.77. The van der Waals surface area contributed by atoms with Crippen molar-refractivity contribution in [2.24, 2.45) is 0 Å². The van der Waals surface area contributed by atoms with Crippen LogP contribution in [0.1, 0.15) is 16.2 Å². The molecule has 0 bridgehead atoms. The van der Waals surface area contributed by atoms with E-state index in [0.29, 0.717) is 11.4 Å². The molecule has 2 rings (SSSR count). The smallest absolute Gasteiger partial charge is 0.207 e. The van der Waals surface area contributed by atoms with E-state index in [1.54, 1.807) is 36.5 Å². The Kier molecular flexibility index (Phi) is 2.82. The monoisotopic (exact) mass is 214 g/mol. The van der Waals surface area contributed by atoms with Crippen molar-refractivity contribution in [1.82, 2.24) is 9.97 Å². The summed E-state index contributed by atoms with van der Waals surface area (Å²) in [4.78, 5) is 18.3. The highest BCUT2D eigenvalue weighted by atomic mass is 16.3. The van der Waals surface area contributed by atoms with Gasteiger partial charge in [-0.05, 0) is 24.3 Å². The Balaban J connectivity index is 2.22. The number of aliphatic hydroxyl groups excluding tert-OH is 1. The number of pyridine rings is 1. The normalized spacial score (nSPS) is 11.4. The van der Waals surface area contributed by atoms with Gasteiger partial charge in [0.05, 0.1) is 5.69 Å². The van der Waals surface area contributed by atoms with Crippen LogP contribution in [0.2, 0.25) is 0 Å². The Morgan fingerprint density at radius 2 is 2.19 bits per heavy atom.